The van der Waals surface area contributed by atoms with Crippen LogP contribution in [0, 0.1) is 5.82 Å². The van der Waals surface area contributed by atoms with Crippen molar-refractivity contribution in [2.24, 2.45) is 0 Å². The zero-order valence-corrected chi connectivity index (χ0v) is 16.1. The largest absolute Gasteiger partial charge is 0.381 e. The van der Waals surface area contributed by atoms with E-state index in [1.165, 1.54) is 12.1 Å². The van der Waals surface area contributed by atoms with Gasteiger partial charge in [0.25, 0.3) is 5.56 Å². The van der Waals surface area contributed by atoms with Crippen LogP contribution < -0.4 is 10.9 Å². The van der Waals surface area contributed by atoms with E-state index in [9.17, 15) is 9.18 Å². The molecule has 0 amide bonds. The minimum Gasteiger partial charge on any atom is -0.381 e. The summed E-state index contributed by atoms with van der Waals surface area (Å²) in [7, 11) is 0. The van der Waals surface area contributed by atoms with Gasteiger partial charge in [-0.05, 0) is 49.1 Å². The van der Waals surface area contributed by atoms with Gasteiger partial charge in [0.2, 0.25) is 5.95 Å². The van der Waals surface area contributed by atoms with Gasteiger partial charge in [-0.3, -0.25) is 4.79 Å². The molecule has 1 aliphatic heterocycles. The first kappa shape index (κ1) is 19.3. The molecule has 1 saturated heterocycles. The van der Waals surface area contributed by atoms with Crippen LogP contribution in [0.1, 0.15) is 18.4 Å². The lowest BCUT2D eigenvalue weighted by atomic mass is 10.1. The van der Waals surface area contributed by atoms with Gasteiger partial charge in [0.05, 0.1) is 5.69 Å². The van der Waals surface area contributed by atoms with Gasteiger partial charge in [-0.2, -0.15) is 0 Å². The van der Waals surface area contributed by atoms with Gasteiger partial charge in [0.15, 0.2) is 0 Å². The number of pyridine rings is 1. The van der Waals surface area contributed by atoms with Crippen molar-refractivity contribution in [1.82, 2.24) is 14.5 Å². The van der Waals surface area contributed by atoms with Gasteiger partial charge in [-0.15, -0.1) is 0 Å². The van der Waals surface area contributed by atoms with E-state index in [1.807, 2.05) is 12.1 Å². The average Bonchev–Trinajstić information content (AvgIpc) is 2.74. The van der Waals surface area contributed by atoms with E-state index >= 15 is 0 Å². The highest BCUT2D eigenvalue weighted by atomic mass is 19.1. The van der Waals surface area contributed by atoms with E-state index in [-0.39, 0.29) is 11.4 Å². The summed E-state index contributed by atoms with van der Waals surface area (Å²) in [5.41, 5.74) is 2.19. The fourth-order valence-electron chi connectivity index (χ4n) is 3.41. The summed E-state index contributed by atoms with van der Waals surface area (Å²) < 4.78 is 20.3. The maximum atomic E-state index is 13.3. The molecule has 0 aliphatic carbocycles. The van der Waals surface area contributed by atoms with Crippen LogP contribution in [-0.4, -0.2) is 33.8 Å². The first-order valence-corrected chi connectivity index (χ1v) is 9.80. The zero-order valence-electron chi connectivity index (χ0n) is 16.1. The number of aryl methyl sites for hydroxylation is 2. The molecule has 1 fully saturated rings. The fourth-order valence-corrected chi connectivity index (χ4v) is 3.41. The Kier molecular flexibility index (Phi) is 5.95. The average molecular weight is 394 g/mol. The van der Waals surface area contributed by atoms with Crippen molar-refractivity contribution < 1.29 is 9.13 Å². The number of halogens is 1. The Balaban J connectivity index is 1.46. The lowest BCUT2D eigenvalue weighted by molar-refractivity contribution is 0.0903. The molecule has 3 aromatic rings. The van der Waals surface area contributed by atoms with Crippen molar-refractivity contribution in [3.8, 4) is 11.3 Å². The molecule has 29 heavy (non-hydrogen) atoms. The predicted octanol–water partition coefficient (Wildman–Crippen LogP) is 3.28. The molecule has 4 rings (SSSR count). The fraction of sp³-hybridized carbons (Fsp3) is 0.318. The topological polar surface area (TPSA) is 69.0 Å². The third-order valence-electron chi connectivity index (χ3n) is 5.03. The second kappa shape index (κ2) is 8.96. The van der Waals surface area contributed by atoms with Gasteiger partial charge >= 0.3 is 0 Å². The van der Waals surface area contributed by atoms with Crippen LogP contribution in [0.5, 0.6) is 0 Å². The van der Waals surface area contributed by atoms with Crippen LogP contribution in [-0.2, 0) is 17.7 Å². The molecule has 0 saturated carbocycles. The maximum Gasteiger partial charge on any atom is 0.251 e. The number of ether oxygens (including phenoxy) is 1. The molecule has 0 bridgehead atoms. The number of nitrogens with zero attached hydrogens (tertiary/aromatic N) is 3. The molecule has 0 unspecified atom stereocenters. The molecule has 1 N–H and O–H groups in total. The normalized spacial score (nSPS) is 14.7. The van der Waals surface area contributed by atoms with E-state index in [2.05, 4.69) is 15.3 Å². The summed E-state index contributed by atoms with van der Waals surface area (Å²) in [6.45, 7) is 1.97. The molecule has 0 spiro atoms. The second-order valence-electron chi connectivity index (χ2n) is 7.12. The minimum absolute atomic E-state index is 0.114. The number of rotatable bonds is 6. The Morgan fingerprint density at radius 3 is 2.83 bits per heavy atom. The molecular weight excluding hydrogens is 371 g/mol. The maximum absolute atomic E-state index is 13.3. The van der Waals surface area contributed by atoms with Crippen molar-refractivity contribution in [2.75, 3.05) is 18.5 Å². The Morgan fingerprint density at radius 1 is 1.17 bits per heavy atom. The predicted molar refractivity (Wildman–Crippen MR) is 109 cm³/mol. The summed E-state index contributed by atoms with van der Waals surface area (Å²) in [6, 6.07) is 12.0. The van der Waals surface area contributed by atoms with Crippen molar-refractivity contribution in [3.05, 3.63) is 76.6 Å². The highest BCUT2D eigenvalue weighted by molar-refractivity contribution is 5.59. The van der Waals surface area contributed by atoms with Crippen LogP contribution in [0.2, 0.25) is 0 Å². The first-order chi connectivity index (χ1) is 14.2. The molecular formula is C22H23FN4O2. The standard InChI is InChI=1S/C22H23FN4O2/c23-18-3-1-2-16(14-18)5-10-27-11-6-17(15-21(27)28)20-4-9-24-22(26-20)25-19-7-12-29-13-8-19/h1-4,6,9,11,14-15,19H,5,7-8,10,12-13H2,(H,24,25,26). The third kappa shape index (κ3) is 5.06. The molecule has 150 valence electrons. The number of benzene rings is 1. The van der Waals surface area contributed by atoms with Crippen LogP contribution >= 0.6 is 0 Å². The zero-order chi connectivity index (χ0) is 20.1. The summed E-state index contributed by atoms with van der Waals surface area (Å²) in [6.07, 6.45) is 5.89. The van der Waals surface area contributed by atoms with Crippen LogP contribution in [0.4, 0.5) is 10.3 Å². The Labute approximate surface area is 168 Å². The molecule has 6 nitrogen and oxygen atoms in total. The van der Waals surface area contributed by atoms with Gasteiger partial charge < -0.3 is 14.6 Å². The Hall–Kier alpha value is -3.06. The summed E-state index contributed by atoms with van der Waals surface area (Å²) in [5, 5.41) is 3.34. The second-order valence-corrected chi connectivity index (χ2v) is 7.12. The quantitative estimate of drug-likeness (QED) is 0.695. The van der Waals surface area contributed by atoms with Crippen LogP contribution in [0.3, 0.4) is 0 Å². The van der Waals surface area contributed by atoms with Crippen molar-refractivity contribution in [1.29, 1.82) is 0 Å². The monoisotopic (exact) mass is 394 g/mol. The van der Waals surface area contributed by atoms with Crippen molar-refractivity contribution >= 4 is 5.95 Å². The van der Waals surface area contributed by atoms with E-state index in [0.29, 0.717) is 30.6 Å². The number of anilines is 1. The highest BCUT2D eigenvalue weighted by Gasteiger charge is 2.15. The number of hydrogen-bond acceptors (Lipinski definition) is 5. The molecule has 0 radical (unpaired) electrons. The summed E-state index contributed by atoms with van der Waals surface area (Å²) in [5.74, 6) is 0.295. The van der Waals surface area contributed by atoms with Gasteiger partial charge in [-0.25, -0.2) is 14.4 Å². The van der Waals surface area contributed by atoms with Crippen LogP contribution in [0.15, 0.2) is 59.7 Å². The smallest absolute Gasteiger partial charge is 0.251 e. The van der Waals surface area contributed by atoms with Gasteiger partial charge in [0.1, 0.15) is 5.82 Å². The van der Waals surface area contributed by atoms with E-state index in [0.717, 1.165) is 37.2 Å². The third-order valence-corrected chi connectivity index (χ3v) is 5.03. The van der Waals surface area contributed by atoms with E-state index < -0.39 is 0 Å². The molecule has 1 aromatic carbocycles. The SMILES string of the molecule is O=c1cc(-c2ccnc(NC3CCOCC3)n2)ccn1CCc1cccc(F)c1. The lowest BCUT2D eigenvalue weighted by Crippen LogP contribution is -2.28. The van der Waals surface area contributed by atoms with Crippen molar-refractivity contribution in [3.63, 3.8) is 0 Å². The summed E-state index contributed by atoms with van der Waals surface area (Å²) in [4.78, 5) is 21.4. The van der Waals surface area contributed by atoms with E-state index in [4.69, 9.17) is 4.74 Å². The summed E-state index contributed by atoms with van der Waals surface area (Å²) >= 11 is 0. The molecule has 1 aliphatic rings. The minimum atomic E-state index is -0.265. The molecule has 3 heterocycles. The highest BCUT2D eigenvalue weighted by Crippen LogP contribution is 2.18. The van der Waals surface area contributed by atoms with Gasteiger partial charge in [0, 0.05) is 49.8 Å². The van der Waals surface area contributed by atoms with Gasteiger partial charge in [-0.1, -0.05) is 12.1 Å². The Morgan fingerprint density at radius 2 is 2.03 bits per heavy atom. The van der Waals surface area contributed by atoms with E-state index in [1.54, 1.807) is 35.2 Å². The molecule has 7 heteroatoms. The van der Waals surface area contributed by atoms with Crippen molar-refractivity contribution in [2.45, 2.75) is 31.8 Å². The number of hydrogen-bond donors (Lipinski definition) is 1. The number of aromatic nitrogens is 3. The number of nitrogens with one attached hydrogen (secondary N) is 1. The molecule has 2 aromatic heterocycles. The Bertz CT molecular complexity index is 1030. The lowest BCUT2D eigenvalue weighted by Gasteiger charge is -2.23. The van der Waals surface area contributed by atoms with Crippen LogP contribution in [0.25, 0.3) is 11.3 Å². The first-order valence-electron chi connectivity index (χ1n) is 9.80. The molecule has 0 atom stereocenters.